The Balaban J connectivity index is 1.99. The topological polar surface area (TPSA) is 107 Å². The van der Waals surface area contributed by atoms with Gasteiger partial charge in [0.1, 0.15) is 5.75 Å². The van der Waals surface area contributed by atoms with Crippen LogP contribution in [0.1, 0.15) is 30.0 Å². The third-order valence-electron chi connectivity index (χ3n) is 5.01. The first kappa shape index (κ1) is 21.8. The van der Waals surface area contributed by atoms with Gasteiger partial charge in [0.05, 0.1) is 18.7 Å². The molecule has 1 N–H and O–H groups in total. The quantitative estimate of drug-likeness (QED) is 0.624. The predicted molar refractivity (Wildman–Crippen MR) is 112 cm³/mol. The van der Waals surface area contributed by atoms with Gasteiger partial charge in [-0.3, -0.25) is 9.59 Å². The number of aliphatic hydroxyl groups excluding tert-OH is 1. The van der Waals surface area contributed by atoms with E-state index >= 15 is 0 Å². The lowest BCUT2D eigenvalue weighted by molar-refractivity contribution is -0.305. The molecule has 0 aliphatic carbocycles. The van der Waals surface area contributed by atoms with Crippen LogP contribution in [-0.4, -0.2) is 41.3 Å². The molecule has 0 saturated heterocycles. The second-order valence-corrected chi connectivity index (χ2v) is 6.99. The van der Waals surface area contributed by atoms with E-state index in [2.05, 4.69) is 0 Å². The fourth-order valence-corrected chi connectivity index (χ4v) is 3.57. The molecule has 0 bridgehead atoms. The van der Waals surface area contributed by atoms with Crippen LogP contribution in [0.3, 0.4) is 0 Å². The predicted octanol–water partition coefficient (Wildman–Crippen LogP) is 2.20. The van der Waals surface area contributed by atoms with E-state index in [9.17, 15) is 24.6 Å². The minimum atomic E-state index is -1.24. The first-order chi connectivity index (χ1) is 14.9. The summed E-state index contributed by atoms with van der Waals surface area (Å²) in [6, 6.07) is 15.1. The summed E-state index contributed by atoms with van der Waals surface area (Å²) in [6.07, 6.45) is 2.78. The van der Waals surface area contributed by atoms with Gasteiger partial charge in [0, 0.05) is 18.1 Å². The van der Waals surface area contributed by atoms with Crippen molar-refractivity contribution >= 4 is 23.7 Å². The number of aliphatic carboxylic acids is 1. The molecule has 1 aliphatic heterocycles. The third kappa shape index (κ3) is 4.83. The number of ketones is 1. The molecule has 7 heteroatoms. The molecule has 1 aliphatic rings. The van der Waals surface area contributed by atoms with Crippen molar-refractivity contribution in [3.8, 4) is 5.75 Å². The molecule has 2 aromatic carbocycles. The highest BCUT2D eigenvalue weighted by atomic mass is 16.5. The highest BCUT2D eigenvalue weighted by Crippen LogP contribution is 2.41. The standard InChI is InChI=1S/C24H23NO6/c1-31-19-11-6-5-10-17(19)22-21(18(26)14-13-16-8-3-2-4-9-16)23(29)24(30)25(22)15-7-12-20(27)28/h2-6,8-11,13-14,22,29H,7,12,15H2,1H3,(H,27,28)/p-1. The molecule has 0 aromatic heterocycles. The van der Waals surface area contributed by atoms with Crippen molar-refractivity contribution in [2.24, 2.45) is 0 Å². The van der Waals surface area contributed by atoms with Crippen molar-refractivity contribution in [3.05, 3.63) is 83.1 Å². The lowest BCUT2D eigenvalue weighted by Gasteiger charge is -2.27. The molecular formula is C24H22NO6-. The highest BCUT2D eigenvalue weighted by Gasteiger charge is 2.43. The number of carboxylic acids is 1. The highest BCUT2D eigenvalue weighted by molar-refractivity contribution is 6.14. The fourth-order valence-electron chi connectivity index (χ4n) is 3.57. The molecule has 1 atom stereocenters. The van der Waals surface area contributed by atoms with Gasteiger partial charge in [0.2, 0.25) is 0 Å². The van der Waals surface area contributed by atoms with Gasteiger partial charge in [-0.15, -0.1) is 0 Å². The van der Waals surface area contributed by atoms with Crippen molar-refractivity contribution in [3.63, 3.8) is 0 Å². The number of para-hydroxylation sites is 1. The maximum Gasteiger partial charge on any atom is 0.290 e. The number of hydrogen-bond acceptors (Lipinski definition) is 6. The summed E-state index contributed by atoms with van der Waals surface area (Å²) in [5.41, 5.74) is 1.24. The van der Waals surface area contributed by atoms with Crippen molar-refractivity contribution < 1.29 is 29.3 Å². The maximum absolute atomic E-state index is 13.1. The van der Waals surface area contributed by atoms with Crippen LogP contribution in [0, 0.1) is 0 Å². The van der Waals surface area contributed by atoms with Crippen LogP contribution in [0.4, 0.5) is 0 Å². The molecule has 2 aromatic rings. The van der Waals surface area contributed by atoms with Gasteiger partial charge in [0.25, 0.3) is 5.91 Å². The first-order valence-corrected chi connectivity index (χ1v) is 9.78. The number of carbonyl (C=O) groups is 3. The van der Waals surface area contributed by atoms with E-state index in [1.54, 1.807) is 30.3 Å². The molecule has 1 unspecified atom stereocenters. The molecule has 7 nitrogen and oxygen atoms in total. The monoisotopic (exact) mass is 420 g/mol. The van der Waals surface area contributed by atoms with E-state index in [1.807, 2.05) is 30.3 Å². The van der Waals surface area contributed by atoms with E-state index in [0.717, 1.165) is 5.56 Å². The van der Waals surface area contributed by atoms with Crippen LogP contribution in [0.5, 0.6) is 5.75 Å². The Labute approximate surface area is 179 Å². The number of methoxy groups -OCH3 is 1. The Hall–Kier alpha value is -3.87. The number of rotatable bonds is 9. The summed E-state index contributed by atoms with van der Waals surface area (Å²) in [5, 5.41) is 21.4. The van der Waals surface area contributed by atoms with Crippen molar-refractivity contribution in [2.75, 3.05) is 13.7 Å². The van der Waals surface area contributed by atoms with Crippen molar-refractivity contribution in [2.45, 2.75) is 18.9 Å². The van der Waals surface area contributed by atoms with Gasteiger partial charge in [-0.1, -0.05) is 54.6 Å². The summed E-state index contributed by atoms with van der Waals surface area (Å²) in [7, 11) is 1.47. The number of ether oxygens (including phenoxy) is 1. The van der Waals surface area contributed by atoms with Gasteiger partial charge >= 0.3 is 0 Å². The van der Waals surface area contributed by atoms with Gasteiger partial charge in [0.15, 0.2) is 11.5 Å². The minimum Gasteiger partial charge on any atom is -0.550 e. The molecule has 0 saturated carbocycles. The molecule has 1 amide bonds. The zero-order chi connectivity index (χ0) is 22.4. The molecule has 160 valence electrons. The Morgan fingerprint density at radius 1 is 1.13 bits per heavy atom. The Kier molecular flexibility index (Phi) is 6.87. The number of aliphatic hydroxyl groups is 1. The van der Waals surface area contributed by atoms with E-state index in [4.69, 9.17) is 4.74 Å². The van der Waals surface area contributed by atoms with Crippen molar-refractivity contribution in [1.29, 1.82) is 0 Å². The normalized spacial score (nSPS) is 16.2. The van der Waals surface area contributed by atoms with Gasteiger partial charge in [-0.2, -0.15) is 0 Å². The van der Waals surface area contributed by atoms with Crippen molar-refractivity contribution in [1.82, 2.24) is 4.90 Å². The molecule has 0 radical (unpaired) electrons. The van der Waals surface area contributed by atoms with Gasteiger partial charge < -0.3 is 24.6 Å². The average molecular weight is 420 g/mol. The van der Waals surface area contributed by atoms with E-state index in [-0.39, 0.29) is 25.0 Å². The maximum atomic E-state index is 13.1. The number of nitrogens with zero attached hydrogens (tertiary/aromatic N) is 1. The molecule has 1 heterocycles. The number of carbonyl (C=O) groups excluding carboxylic acids is 3. The molecule has 0 fully saturated rings. The van der Waals surface area contributed by atoms with E-state index in [1.165, 1.54) is 18.1 Å². The van der Waals surface area contributed by atoms with Crippen LogP contribution >= 0.6 is 0 Å². The second kappa shape index (κ2) is 9.75. The first-order valence-electron chi connectivity index (χ1n) is 9.78. The molecule has 0 spiro atoms. The third-order valence-corrected chi connectivity index (χ3v) is 5.01. The van der Waals surface area contributed by atoms with Crippen LogP contribution in [-0.2, 0) is 14.4 Å². The largest absolute Gasteiger partial charge is 0.550 e. The van der Waals surface area contributed by atoms with E-state index in [0.29, 0.717) is 11.3 Å². The van der Waals surface area contributed by atoms with Gasteiger partial charge in [-0.25, -0.2) is 0 Å². The number of benzene rings is 2. The van der Waals surface area contributed by atoms with Crippen LogP contribution in [0.2, 0.25) is 0 Å². The summed E-state index contributed by atoms with van der Waals surface area (Å²) < 4.78 is 5.40. The smallest absolute Gasteiger partial charge is 0.290 e. The molecule has 31 heavy (non-hydrogen) atoms. The summed E-state index contributed by atoms with van der Waals surface area (Å²) >= 11 is 0. The summed E-state index contributed by atoms with van der Waals surface area (Å²) in [5.74, 6) is -2.69. The average Bonchev–Trinajstić information content (AvgIpc) is 3.03. The lowest BCUT2D eigenvalue weighted by atomic mass is 9.94. The number of amides is 1. The Morgan fingerprint density at radius 3 is 2.48 bits per heavy atom. The zero-order valence-corrected chi connectivity index (χ0v) is 17.0. The summed E-state index contributed by atoms with van der Waals surface area (Å²) in [6.45, 7) is 0.0266. The Morgan fingerprint density at radius 2 is 1.81 bits per heavy atom. The zero-order valence-electron chi connectivity index (χ0n) is 17.0. The SMILES string of the molecule is COc1ccccc1C1C(C(=O)C=Cc2ccccc2)=C(O)C(=O)N1CCCC(=O)[O-]. The number of carboxylic acid groups (broad SMARTS) is 1. The fraction of sp³-hybridized carbons (Fsp3) is 0.208. The summed E-state index contributed by atoms with van der Waals surface area (Å²) in [4.78, 5) is 37.9. The lowest BCUT2D eigenvalue weighted by Crippen LogP contribution is -2.33. The molecule has 3 rings (SSSR count). The minimum absolute atomic E-state index is 0.0266. The molecular weight excluding hydrogens is 398 g/mol. The van der Waals surface area contributed by atoms with E-state index < -0.39 is 29.5 Å². The van der Waals surface area contributed by atoms with Crippen LogP contribution in [0.25, 0.3) is 6.08 Å². The van der Waals surface area contributed by atoms with Gasteiger partial charge in [-0.05, 0) is 30.5 Å². The number of allylic oxidation sites excluding steroid dienone is 1. The Bertz CT molecular complexity index is 1040. The number of hydrogen-bond donors (Lipinski definition) is 1. The second-order valence-electron chi connectivity index (χ2n) is 6.99. The van der Waals surface area contributed by atoms with Crippen LogP contribution < -0.4 is 9.84 Å². The van der Waals surface area contributed by atoms with Crippen LogP contribution in [0.15, 0.2) is 72.0 Å².